The lowest BCUT2D eigenvalue weighted by Gasteiger charge is -2.24. The van der Waals surface area contributed by atoms with Crippen molar-refractivity contribution < 1.29 is 9.18 Å². The molecule has 0 unspecified atom stereocenters. The Balaban J connectivity index is 2.47. The van der Waals surface area contributed by atoms with E-state index in [2.05, 4.69) is 5.32 Å². The molecule has 0 aliphatic carbocycles. The summed E-state index contributed by atoms with van der Waals surface area (Å²) in [5.41, 5.74) is 5.66. The molecular weight excluding hydrogens is 219 g/mol. The zero-order chi connectivity index (χ0) is 12.9. The van der Waals surface area contributed by atoms with Crippen LogP contribution in [0.25, 0.3) is 0 Å². The van der Waals surface area contributed by atoms with Gasteiger partial charge >= 0.3 is 0 Å². The van der Waals surface area contributed by atoms with E-state index in [1.54, 1.807) is 18.2 Å². The van der Waals surface area contributed by atoms with E-state index in [9.17, 15) is 9.18 Å². The minimum atomic E-state index is -0.410. The molecule has 0 spiro atoms. The molecule has 17 heavy (non-hydrogen) atoms. The average Bonchev–Trinajstić information content (AvgIpc) is 2.27. The summed E-state index contributed by atoms with van der Waals surface area (Å²) in [6.07, 6.45) is 0.670. The molecule has 0 aliphatic heterocycles. The van der Waals surface area contributed by atoms with E-state index in [4.69, 9.17) is 5.73 Å². The number of benzene rings is 1. The van der Waals surface area contributed by atoms with Gasteiger partial charge < -0.3 is 11.1 Å². The first-order valence-corrected chi connectivity index (χ1v) is 5.69. The maximum atomic E-state index is 13.3. The highest BCUT2D eigenvalue weighted by molar-refractivity contribution is 5.77. The zero-order valence-electron chi connectivity index (χ0n) is 10.3. The second kappa shape index (κ2) is 5.77. The third-order valence-electron chi connectivity index (χ3n) is 2.57. The monoisotopic (exact) mass is 238 g/mol. The van der Waals surface area contributed by atoms with Gasteiger partial charge in [-0.15, -0.1) is 0 Å². The number of nitrogens with one attached hydrogen (secondary N) is 1. The first kappa shape index (κ1) is 13.6. The summed E-state index contributed by atoms with van der Waals surface area (Å²) in [5.74, 6) is -0.373. The lowest BCUT2D eigenvalue weighted by atomic mass is 10.0. The summed E-state index contributed by atoms with van der Waals surface area (Å²) in [5, 5.41) is 2.81. The normalized spacial score (nSPS) is 11.3. The van der Waals surface area contributed by atoms with Gasteiger partial charge in [-0.1, -0.05) is 18.2 Å². The van der Waals surface area contributed by atoms with Crippen molar-refractivity contribution in [1.29, 1.82) is 0 Å². The Hall–Kier alpha value is -1.42. The van der Waals surface area contributed by atoms with Gasteiger partial charge in [-0.05, 0) is 31.9 Å². The van der Waals surface area contributed by atoms with Crippen molar-refractivity contribution in [3.05, 3.63) is 35.6 Å². The third-order valence-corrected chi connectivity index (χ3v) is 2.57. The first-order valence-electron chi connectivity index (χ1n) is 5.69. The van der Waals surface area contributed by atoms with E-state index in [1.165, 1.54) is 6.07 Å². The second-order valence-electron chi connectivity index (χ2n) is 4.73. The van der Waals surface area contributed by atoms with Crippen LogP contribution < -0.4 is 11.1 Å². The van der Waals surface area contributed by atoms with E-state index in [0.29, 0.717) is 18.5 Å². The van der Waals surface area contributed by atoms with Crippen molar-refractivity contribution in [2.45, 2.75) is 32.2 Å². The van der Waals surface area contributed by atoms with Crippen LogP contribution in [0.2, 0.25) is 0 Å². The Kier molecular flexibility index (Phi) is 4.63. The standard InChI is InChI=1S/C13H19FN2O/c1-13(2,9-15)16-12(17)8-7-10-5-3-4-6-11(10)14/h3-6H,7-9,15H2,1-2H3,(H,16,17). The Morgan fingerprint density at radius 3 is 2.65 bits per heavy atom. The molecule has 0 saturated carbocycles. The van der Waals surface area contributed by atoms with Gasteiger partial charge in [-0.2, -0.15) is 0 Å². The molecule has 0 aromatic heterocycles. The lowest BCUT2D eigenvalue weighted by Crippen LogP contribution is -2.48. The molecule has 1 aromatic carbocycles. The van der Waals surface area contributed by atoms with E-state index in [-0.39, 0.29) is 18.1 Å². The van der Waals surface area contributed by atoms with Gasteiger partial charge in [0.15, 0.2) is 0 Å². The van der Waals surface area contributed by atoms with Crippen LogP contribution >= 0.6 is 0 Å². The number of aryl methyl sites for hydroxylation is 1. The summed E-state index contributed by atoms with van der Waals surface area (Å²) in [4.78, 5) is 11.6. The van der Waals surface area contributed by atoms with Crippen molar-refractivity contribution >= 4 is 5.91 Å². The van der Waals surface area contributed by atoms with E-state index in [1.807, 2.05) is 13.8 Å². The fraction of sp³-hybridized carbons (Fsp3) is 0.462. The molecule has 1 rings (SSSR count). The second-order valence-corrected chi connectivity index (χ2v) is 4.73. The van der Waals surface area contributed by atoms with Crippen LogP contribution in [-0.2, 0) is 11.2 Å². The highest BCUT2D eigenvalue weighted by Crippen LogP contribution is 2.09. The van der Waals surface area contributed by atoms with Crippen molar-refractivity contribution in [2.75, 3.05) is 6.54 Å². The minimum absolute atomic E-state index is 0.108. The summed E-state index contributed by atoms with van der Waals surface area (Å²) < 4.78 is 13.3. The van der Waals surface area contributed by atoms with Crippen LogP contribution in [0, 0.1) is 5.82 Å². The van der Waals surface area contributed by atoms with Gasteiger partial charge in [0.05, 0.1) is 0 Å². The molecule has 1 aromatic rings. The smallest absolute Gasteiger partial charge is 0.220 e. The fourth-order valence-electron chi connectivity index (χ4n) is 1.44. The summed E-state index contributed by atoms with van der Waals surface area (Å²) in [7, 11) is 0. The van der Waals surface area contributed by atoms with E-state index in [0.717, 1.165) is 0 Å². The lowest BCUT2D eigenvalue weighted by molar-refractivity contribution is -0.122. The van der Waals surface area contributed by atoms with Gasteiger partial charge in [0.25, 0.3) is 0 Å². The number of hydrogen-bond acceptors (Lipinski definition) is 2. The van der Waals surface area contributed by atoms with Gasteiger partial charge in [0, 0.05) is 18.5 Å². The SMILES string of the molecule is CC(C)(CN)NC(=O)CCc1ccccc1F. The highest BCUT2D eigenvalue weighted by atomic mass is 19.1. The van der Waals surface area contributed by atoms with Crippen LogP contribution in [0.15, 0.2) is 24.3 Å². The molecule has 4 heteroatoms. The summed E-state index contributed by atoms with van der Waals surface area (Å²) >= 11 is 0. The van der Waals surface area contributed by atoms with Crippen LogP contribution in [0.4, 0.5) is 4.39 Å². The topological polar surface area (TPSA) is 55.1 Å². The predicted octanol–water partition coefficient (Wildman–Crippen LogP) is 1.61. The van der Waals surface area contributed by atoms with Crippen molar-refractivity contribution in [3.63, 3.8) is 0 Å². The molecule has 0 bridgehead atoms. The Labute approximate surface area is 101 Å². The van der Waals surface area contributed by atoms with Gasteiger partial charge in [0.1, 0.15) is 5.82 Å². The highest BCUT2D eigenvalue weighted by Gasteiger charge is 2.17. The predicted molar refractivity (Wildman–Crippen MR) is 66.0 cm³/mol. The number of halogens is 1. The van der Waals surface area contributed by atoms with Crippen LogP contribution in [0.5, 0.6) is 0 Å². The van der Waals surface area contributed by atoms with Crippen molar-refractivity contribution in [3.8, 4) is 0 Å². The quantitative estimate of drug-likeness (QED) is 0.819. The number of rotatable bonds is 5. The Bertz CT molecular complexity index is 391. The molecule has 0 radical (unpaired) electrons. The number of nitrogens with two attached hydrogens (primary N) is 1. The molecule has 0 heterocycles. The maximum absolute atomic E-state index is 13.3. The molecule has 1 amide bonds. The Morgan fingerprint density at radius 1 is 1.41 bits per heavy atom. The van der Waals surface area contributed by atoms with Crippen LogP contribution in [-0.4, -0.2) is 18.0 Å². The largest absolute Gasteiger partial charge is 0.350 e. The minimum Gasteiger partial charge on any atom is -0.350 e. The summed E-state index contributed by atoms with van der Waals surface area (Å²) in [6, 6.07) is 6.49. The van der Waals surface area contributed by atoms with Crippen molar-refractivity contribution in [1.82, 2.24) is 5.32 Å². The number of carbonyl (C=O) groups excluding carboxylic acids is 1. The number of hydrogen-bond donors (Lipinski definition) is 2. The third kappa shape index (κ3) is 4.53. The molecular formula is C13H19FN2O. The number of carbonyl (C=O) groups is 1. The first-order chi connectivity index (χ1) is 7.94. The zero-order valence-corrected chi connectivity index (χ0v) is 10.3. The van der Waals surface area contributed by atoms with Gasteiger partial charge in [0.2, 0.25) is 5.91 Å². The molecule has 3 N–H and O–H groups in total. The molecule has 0 aliphatic rings. The van der Waals surface area contributed by atoms with Crippen LogP contribution in [0.1, 0.15) is 25.8 Å². The number of amides is 1. The molecule has 0 saturated heterocycles. The van der Waals surface area contributed by atoms with Crippen molar-refractivity contribution in [2.24, 2.45) is 5.73 Å². The fourth-order valence-corrected chi connectivity index (χ4v) is 1.44. The molecule has 0 fully saturated rings. The van der Waals surface area contributed by atoms with E-state index < -0.39 is 5.54 Å². The molecule has 94 valence electrons. The van der Waals surface area contributed by atoms with Crippen LogP contribution in [0.3, 0.4) is 0 Å². The van der Waals surface area contributed by atoms with Gasteiger partial charge in [-0.3, -0.25) is 4.79 Å². The van der Waals surface area contributed by atoms with E-state index >= 15 is 0 Å². The summed E-state index contributed by atoms with van der Waals surface area (Å²) in [6.45, 7) is 4.08. The maximum Gasteiger partial charge on any atom is 0.220 e. The Morgan fingerprint density at radius 2 is 2.06 bits per heavy atom. The molecule has 0 atom stereocenters. The van der Waals surface area contributed by atoms with Gasteiger partial charge in [-0.25, -0.2) is 4.39 Å². The molecule has 3 nitrogen and oxygen atoms in total. The average molecular weight is 238 g/mol.